The molecule has 17 heavy (non-hydrogen) atoms. The molecule has 1 aromatic rings. The van der Waals surface area contributed by atoms with Crippen molar-refractivity contribution >= 4 is 11.7 Å². The van der Waals surface area contributed by atoms with Gasteiger partial charge in [-0.2, -0.15) is 4.39 Å². The van der Waals surface area contributed by atoms with Gasteiger partial charge in [-0.15, -0.1) is 0 Å². The van der Waals surface area contributed by atoms with Gasteiger partial charge >= 0.3 is 12.3 Å². The molecule has 0 aromatic heterocycles. The molecule has 1 N–H and O–H groups in total. The van der Waals surface area contributed by atoms with E-state index >= 15 is 0 Å². The van der Waals surface area contributed by atoms with Crippen molar-refractivity contribution in [1.82, 2.24) is 0 Å². The molecule has 1 atom stereocenters. The highest BCUT2D eigenvalue weighted by Crippen LogP contribution is 2.31. The van der Waals surface area contributed by atoms with Gasteiger partial charge in [0.25, 0.3) is 5.69 Å². The van der Waals surface area contributed by atoms with Crippen LogP contribution in [0.5, 0.6) is 11.5 Å². The van der Waals surface area contributed by atoms with Gasteiger partial charge < -0.3 is 14.6 Å². The third-order valence-corrected chi connectivity index (χ3v) is 1.78. The normalized spacial score (nSPS) is 11.6. The zero-order valence-corrected chi connectivity index (χ0v) is 8.62. The van der Waals surface area contributed by atoms with Gasteiger partial charge in [-0.3, -0.25) is 10.1 Å². The van der Waals surface area contributed by atoms with Gasteiger partial charge in [0.15, 0.2) is 11.5 Å². The van der Waals surface area contributed by atoms with E-state index in [0.29, 0.717) is 0 Å². The lowest BCUT2D eigenvalue weighted by atomic mass is 10.3. The van der Waals surface area contributed by atoms with Crippen LogP contribution < -0.4 is 9.47 Å². The van der Waals surface area contributed by atoms with E-state index in [-0.39, 0.29) is 17.2 Å². The molecule has 7 nitrogen and oxygen atoms in total. The predicted molar refractivity (Wildman–Crippen MR) is 52.8 cm³/mol. The largest absolute Gasteiger partial charge is 0.493 e. The molecule has 92 valence electrons. The minimum Gasteiger partial charge on any atom is -0.493 e. The number of carboxylic acid groups (broad SMARTS) is 1. The van der Waals surface area contributed by atoms with Gasteiger partial charge in [-0.1, -0.05) is 0 Å². The first-order valence-electron chi connectivity index (χ1n) is 4.31. The zero-order valence-electron chi connectivity index (χ0n) is 8.62. The fraction of sp³-hybridized carbons (Fsp3) is 0.222. The first-order chi connectivity index (χ1) is 7.95. The molecule has 0 saturated carbocycles. The maximum Gasteiger partial charge on any atom is 0.378 e. The maximum absolute atomic E-state index is 12.8. The average Bonchev–Trinajstić information content (AvgIpc) is 2.28. The van der Waals surface area contributed by atoms with Gasteiger partial charge in [0.1, 0.15) is 0 Å². The van der Waals surface area contributed by atoms with Crippen LogP contribution in [-0.2, 0) is 4.79 Å². The number of halogens is 1. The summed E-state index contributed by atoms with van der Waals surface area (Å²) in [4.78, 5) is 20.0. The van der Waals surface area contributed by atoms with Crippen molar-refractivity contribution in [1.29, 1.82) is 0 Å². The molecule has 0 aliphatic carbocycles. The predicted octanol–water partition coefficient (Wildman–Crippen LogP) is 1.36. The molecule has 0 radical (unpaired) electrons. The highest BCUT2D eigenvalue weighted by atomic mass is 19.1. The van der Waals surface area contributed by atoms with Crippen molar-refractivity contribution in [2.24, 2.45) is 0 Å². The summed E-state index contributed by atoms with van der Waals surface area (Å²) >= 11 is 0. The van der Waals surface area contributed by atoms with Crippen LogP contribution in [0.2, 0.25) is 0 Å². The first kappa shape index (κ1) is 12.7. The molecular weight excluding hydrogens is 237 g/mol. The van der Waals surface area contributed by atoms with Crippen LogP contribution >= 0.6 is 0 Å². The lowest BCUT2D eigenvalue weighted by Crippen LogP contribution is -2.21. The number of carboxylic acids is 1. The van der Waals surface area contributed by atoms with E-state index < -0.39 is 17.3 Å². The Morgan fingerprint density at radius 2 is 2.18 bits per heavy atom. The van der Waals surface area contributed by atoms with Crippen molar-refractivity contribution in [2.75, 3.05) is 7.11 Å². The maximum atomic E-state index is 12.8. The van der Waals surface area contributed by atoms with Crippen LogP contribution in [0.4, 0.5) is 10.1 Å². The molecule has 0 fully saturated rings. The van der Waals surface area contributed by atoms with Crippen LogP contribution in [0.1, 0.15) is 0 Å². The van der Waals surface area contributed by atoms with Crippen LogP contribution in [0.15, 0.2) is 18.2 Å². The molecule has 0 aliphatic heterocycles. The van der Waals surface area contributed by atoms with Crippen LogP contribution in [-0.4, -0.2) is 29.5 Å². The number of carbonyl (C=O) groups is 1. The summed E-state index contributed by atoms with van der Waals surface area (Å²) in [6.45, 7) is 0. The fourth-order valence-corrected chi connectivity index (χ4v) is 1.03. The van der Waals surface area contributed by atoms with Gasteiger partial charge in [0, 0.05) is 6.07 Å². The molecular formula is C9H8FNO6. The highest BCUT2D eigenvalue weighted by Gasteiger charge is 2.21. The van der Waals surface area contributed by atoms with Crippen LogP contribution in [0.25, 0.3) is 0 Å². The average molecular weight is 245 g/mol. The molecule has 0 saturated heterocycles. The molecule has 0 amide bonds. The van der Waals surface area contributed by atoms with Crippen molar-refractivity contribution in [3.8, 4) is 11.5 Å². The number of nitro groups is 1. The number of aliphatic carboxylic acids is 1. The molecule has 0 aliphatic rings. The van der Waals surface area contributed by atoms with E-state index in [1.54, 1.807) is 0 Å². The second-order valence-electron chi connectivity index (χ2n) is 2.86. The van der Waals surface area contributed by atoms with E-state index in [1.807, 2.05) is 0 Å². The Kier molecular flexibility index (Phi) is 3.81. The number of nitro benzene ring substituents is 1. The summed E-state index contributed by atoms with van der Waals surface area (Å²) in [7, 11) is 1.19. The fourth-order valence-electron chi connectivity index (χ4n) is 1.03. The number of nitrogens with zero attached hydrogens (tertiary/aromatic N) is 1. The Morgan fingerprint density at radius 3 is 2.65 bits per heavy atom. The molecule has 0 heterocycles. The van der Waals surface area contributed by atoms with E-state index in [1.165, 1.54) is 7.11 Å². The summed E-state index contributed by atoms with van der Waals surface area (Å²) in [5, 5.41) is 18.8. The Morgan fingerprint density at radius 1 is 1.53 bits per heavy atom. The second kappa shape index (κ2) is 5.10. The SMILES string of the molecule is COc1cc([N+](=O)[O-])ccc1OC(F)C(=O)O. The van der Waals surface area contributed by atoms with Crippen molar-refractivity contribution in [3.05, 3.63) is 28.3 Å². The van der Waals surface area contributed by atoms with Crippen molar-refractivity contribution < 1.29 is 28.7 Å². The lowest BCUT2D eigenvalue weighted by Gasteiger charge is -2.10. The Balaban J connectivity index is 3.00. The van der Waals surface area contributed by atoms with Crippen LogP contribution in [0, 0.1) is 10.1 Å². The number of hydrogen-bond donors (Lipinski definition) is 1. The molecule has 1 aromatic carbocycles. The van der Waals surface area contributed by atoms with Gasteiger partial charge in [-0.05, 0) is 6.07 Å². The molecule has 1 unspecified atom stereocenters. The number of ether oxygens (including phenoxy) is 2. The number of methoxy groups -OCH3 is 1. The molecule has 0 spiro atoms. The summed E-state index contributed by atoms with van der Waals surface area (Å²) in [5.41, 5.74) is -0.278. The van der Waals surface area contributed by atoms with Gasteiger partial charge in [0.2, 0.25) is 0 Å². The van der Waals surface area contributed by atoms with Gasteiger partial charge in [0.05, 0.1) is 18.1 Å². The quantitative estimate of drug-likeness (QED) is 0.621. The van der Waals surface area contributed by atoms with E-state index in [0.717, 1.165) is 18.2 Å². The number of alkyl halides is 1. The highest BCUT2D eigenvalue weighted by molar-refractivity contribution is 5.71. The summed E-state index contributed by atoms with van der Waals surface area (Å²) in [5.74, 6) is -2.15. The van der Waals surface area contributed by atoms with Crippen LogP contribution in [0.3, 0.4) is 0 Å². The summed E-state index contributed by atoms with van der Waals surface area (Å²) in [6, 6.07) is 3.11. The first-order valence-corrected chi connectivity index (χ1v) is 4.31. The molecule has 8 heteroatoms. The number of hydrogen-bond acceptors (Lipinski definition) is 5. The van der Waals surface area contributed by atoms with E-state index in [4.69, 9.17) is 9.84 Å². The Labute approximate surface area is 94.5 Å². The summed E-state index contributed by atoms with van der Waals surface area (Å²) in [6.07, 6.45) is -2.56. The zero-order chi connectivity index (χ0) is 13.0. The Bertz CT molecular complexity index is 449. The topological polar surface area (TPSA) is 98.9 Å². The van der Waals surface area contributed by atoms with Crippen molar-refractivity contribution in [3.63, 3.8) is 0 Å². The van der Waals surface area contributed by atoms with Gasteiger partial charge in [-0.25, -0.2) is 4.79 Å². The minimum atomic E-state index is -2.56. The second-order valence-corrected chi connectivity index (χ2v) is 2.86. The molecule has 0 bridgehead atoms. The van der Waals surface area contributed by atoms with E-state index in [2.05, 4.69) is 4.74 Å². The molecule has 1 rings (SSSR count). The number of non-ortho nitro benzene ring substituents is 1. The third-order valence-electron chi connectivity index (χ3n) is 1.78. The smallest absolute Gasteiger partial charge is 0.378 e. The lowest BCUT2D eigenvalue weighted by molar-refractivity contribution is -0.385. The number of rotatable bonds is 5. The summed E-state index contributed by atoms with van der Waals surface area (Å²) < 4.78 is 21.9. The standard InChI is InChI=1S/C9H8FNO6/c1-16-7-4-5(11(14)15)2-3-6(7)17-8(10)9(12)13/h2-4,8H,1H3,(H,12,13). The number of benzene rings is 1. The third kappa shape index (κ3) is 3.03. The monoisotopic (exact) mass is 245 g/mol. The minimum absolute atomic E-state index is 0.122. The van der Waals surface area contributed by atoms with E-state index in [9.17, 15) is 19.3 Å². The Hall–Kier alpha value is -2.38. The van der Waals surface area contributed by atoms with Crippen molar-refractivity contribution in [2.45, 2.75) is 6.36 Å².